The molecule has 4 aliphatic rings. The molecule has 0 amide bonds. The van der Waals surface area contributed by atoms with Crippen LogP contribution in [0.3, 0.4) is 0 Å². The third-order valence-electron chi connectivity index (χ3n) is 7.78. The Bertz CT molecular complexity index is 1400. The molecule has 35 heavy (non-hydrogen) atoms. The number of hydrogen-bond donors (Lipinski definition) is 1. The number of ketones is 1. The normalized spacial score (nSPS) is 26.6. The van der Waals surface area contributed by atoms with Crippen molar-refractivity contribution in [1.82, 2.24) is 10.2 Å². The predicted molar refractivity (Wildman–Crippen MR) is 133 cm³/mol. The van der Waals surface area contributed by atoms with Crippen molar-refractivity contribution >= 4 is 11.5 Å². The molecule has 1 N–H and O–H groups in total. The van der Waals surface area contributed by atoms with E-state index in [0.29, 0.717) is 5.92 Å². The molecule has 2 aliphatic carbocycles. The zero-order valence-corrected chi connectivity index (χ0v) is 19.2. The van der Waals surface area contributed by atoms with Crippen molar-refractivity contribution in [2.24, 2.45) is 5.92 Å². The standard InChI is InChI=1S/C30H24N4O/c31-18-22(19-32)24-15-26-28(17-29(24)35)34-27(21-11-5-2-6-12-21)16-23(20-9-3-1-4-10-20)25-13-7-8-14-30(25,34)33-26/h1-6,9-12,15-17,23,25,33H,7-8,13-14H2/t23-,25+,30-/m0/s1. The van der Waals surface area contributed by atoms with Crippen molar-refractivity contribution in [3.05, 3.63) is 113 Å². The minimum absolute atomic E-state index is 0.150. The zero-order chi connectivity index (χ0) is 24.0. The molecule has 2 aromatic rings. The molecule has 1 spiro atoms. The summed E-state index contributed by atoms with van der Waals surface area (Å²) in [7, 11) is 0. The lowest BCUT2D eigenvalue weighted by Crippen LogP contribution is -2.60. The van der Waals surface area contributed by atoms with E-state index in [1.807, 2.05) is 30.3 Å². The third kappa shape index (κ3) is 3.16. The molecule has 2 aromatic carbocycles. The highest BCUT2D eigenvalue weighted by Crippen LogP contribution is 2.57. The molecule has 3 atom stereocenters. The largest absolute Gasteiger partial charge is 0.360 e. The number of allylic oxidation sites excluding steroid dienone is 5. The second kappa shape index (κ2) is 8.15. The van der Waals surface area contributed by atoms with Crippen molar-refractivity contribution < 1.29 is 4.79 Å². The van der Waals surface area contributed by atoms with Crippen molar-refractivity contribution in [2.45, 2.75) is 37.3 Å². The molecule has 0 radical (unpaired) electrons. The van der Waals surface area contributed by atoms with Gasteiger partial charge in [0.2, 0.25) is 0 Å². The molecule has 2 aliphatic heterocycles. The highest BCUT2D eigenvalue weighted by molar-refractivity contribution is 6.10. The van der Waals surface area contributed by atoms with Gasteiger partial charge in [0, 0.05) is 23.6 Å². The number of rotatable bonds is 2. The lowest BCUT2D eigenvalue weighted by Gasteiger charge is -2.54. The second-order valence-electron chi connectivity index (χ2n) is 9.56. The van der Waals surface area contributed by atoms with E-state index in [2.05, 4.69) is 58.8 Å². The number of nitriles is 2. The maximum atomic E-state index is 13.1. The minimum Gasteiger partial charge on any atom is -0.360 e. The van der Waals surface area contributed by atoms with Crippen LogP contribution in [0.1, 0.15) is 42.7 Å². The summed E-state index contributed by atoms with van der Waals surface area (Å²) in [5.74, 6) is 0.217. The van der Waals surface area contributed by atoms with Gasteiger partial charge < -0.3 is 10.2 Å². The van der Waals surface area contributed by atoms with Crippen LogP contribution >= 0.6 is 0 Å². The van der Waals surface area contributed by atoms with Crippen LogP contribution in [0.4, 0.5) is 0 Å². The van der Waals surface area contributed by atoms with Crippen LogP contribution in [0.2, 0.25) is 0 Å². The van der Waals surface area contributed by atoms with Crippen LogP contribution in [0.15, 0.2) is 101 Å². The number of nitrogens with one attached hydrogen (secondary N) is 1. The average molecular weight is 457 g/mol. The summed E-state index contributed by atoms with van der Waals surface area (Å²) in [4.78, 5) is 15.4. The highest BCUT2D eigenvalue weighted by atomic mass is 16.1. The minimum atomic E-state index is -0.383. The van der Waals surface area contributed by atoms with Gasteiger partial charge in [0.1, 0.15) is 23.4 Å². The number of carbonyl (C=O) groups excluding carboxylic acids is 1. The summed E-state index contributed by atoms with van der Waals surface area (Å²) in [5, 5.41) is 22.7. The van der Waals surface area contributed by atoms with Crippen molar-refractivity contribution in [1.29, 1.82) is 10.5 Å². The molecule has 2 heterocycles. The van der Waals surface area contributed by atoms with Gasteiger partial charge in [0.05, 0.1) is 17.0 Å². The molecule has 5 heteroatoms. The van der Waals surface area contributed by atoms with Gasteiger partial charge in [0.15, 0.2) is 5.78 Å². The third-order valence-corrected chi connectivity index (χ3v) is 7.78. The van der Waals surface area contributed by atoms with E-state index in [1.165, 1.54) is 5.56 Å². The quantitative estimate of drug-likeness (QED) is 0.489. The van der Waals surface area contributed by atoms with E-state index in [0.717, 1.165) is 48.3 Å². The van der Waals surface area contributed by atoms with Gasteiger partial charge in [0.25, 0.3) is 0 Å². The molecule has 5 nitrogen and oxygen atoms in total. The summed E-state index contributed by atoms with van der Waals surface area (Å²) >= 11 is 0. The number of benzene rings is 2. The van der Waals surface area contributed by atoms with E-state index in [9.17, 15) is 15.3 Å². The summed E-state index contributed by atoms with van der Waals surface area (Å²) in [6, 6.07) is 24.8. The van der Waals surface area contributed by atoms with E-state index in [-0.39, 0.29) is 28.5 Å². The van der Waals surface area contributed by atoms with E-state index in [1.54, 1.807) is 12.2 Å². The van der Waals surface area contributed by atoms with Crippen LogP contribution in [0.25, 0.3) is 5.70 Å². The highest BCUT2D eigenvalue weighted by Gasteiger charge is 2.57. The molecule has 0 bridgehead atoms. The molecular weight excluding hydrogens is 432 g/mol. The molecule has 0 aromatic heterocycles. The van der Waals surface area contributed by atoms with E-state index in [4.69, 9.17) is 0 Å². The first kappa shape index (κ1) is 21.2. The summed E-state index contributed by atoms with van der Waals surface area (Å²) < 4.78 is 0. The van der Waals surface area contributed by atoms with Gasteiger partial charge in [-0.2, -0.15) is 10.5 Å². The van der Waals surface area contributed by atoms with Gasteiger partial charge >= 0.3 is 0 Å². The van der Waals surface area contributed by atoms with Gasteiger partial charge in [-0.05, 0) is 36.5 Å². The van der Waals surface area contributed by atoms with E-state index >= 15 is 0 Å². The molecule has 0 unspecified atom stereocenters. The Morgan fingerprint density at radius 2 is 1.66 bits per heavy atom. The van der Waals surface area contributed by atoms with Gasteiger partial charge in [-0.3, -0.25) is 4.79 Å². The Labute approximate surface area is 205 Å². The first-order valence-corrected chi connectivity index (χ1v) is 12.1. The number of nitrogens with zero attached hydrogens (tertiary/aromatic N) is 3. The topological polar surface area (TPSA) is 79.9 Å². The molecule has 2 fully saturated rings. The molecule has 1 saturated heterocycles. The Morgan fingerprint density at radius 3 is 2.37 bits per heavy atom. The first-order chi connectivity index (χ1) is 17.2. The fourth-order valence-electron chi connectivity index (χ4n) is 6.33. The maximum absolute atomic E-state index is 13.1. The van der Waals surface area contributed by atoms with Crippen molar-refractivity contribution in [3.63, 3.8) is 0 Å². The zero-order valence-electron chi connectivity index (χ0n) is 19.2. The van der Waals surface area contributed by atoms with Crippen LogP contribution in [-0.4, -0.2) is 16.3 Å². The van der Waals surface area contributed by atoms with Crippen LogP contribution in [0.5, 0.6) is 0 Å². The number of carbonyl (C=O) groups is 1. The predicted octanol–water partition coefficient (Wildman–Crippen LogP) is 5.31. The van der Waals surface area contributed by atoms with Gasteiger partial charge in [-0.25, -0.2) is 0 Å². The van der Waals surface area contributed by atoms with Crippen LogP contribution in [-0.2, 0) is 4.79 Å². The Balaban J connectivity index is 1.59. The fraction of sp³-hybridized carbons (Fsp3) is 0.233. The van der Waals surface area contributed by atoms with E-state index < -0.39 is 0 Å². The van der Waals surface area contributed by atoms with Crippen LogP contribution < -0.4 is 5.32 Å². The van der Waals surface area contributed by atoms with Gasteiger partial charge in [-0.1, -0.05) is 73.2 Å². The second-order valence-corrected chi connectivity index (χ2v) is 9.56. The van der Waals surface area contributed by atoms with Crippen molar-refractivity contribution in [3.8, 4) is 12.1 Å². The summed E-state index contributed by atoms with van der Waals surface area (Å²) in [6.07, 6.45) is 9.94. The molecule has 6 rings (SSSR count). The van der Waals surface area contributed by atoms with Crippen molar-refractivity contribution in [2.75, 3.05) is 0 Å². The monoisotopic (exact) mass is 456 g/mol. The Kier molecular flexibility index (Phi) is 4.94. The maximum Gasteiger partial charge on any atom is 0.190 e. The first-order valence-electron chi connectivity index (χ1n) is 12.1. The lowest BCUT2D eigenvalue weighted by atomic mass is 9.66. The van der Waals surface area contributed by atoms with Crippen LogP contribution in [0, 0.1) is 28.6 Å². The van der Waals surface area contributed by atoms with Gasteiger partial charge in [-0.15, -0.1) is 0 Å². The smallest absolute Gasteiger partial charge is 0.190 e. The average Bonchev–Trinajstić information content (AvgIpc) is 3.22. The summed E-state index contributed by atoms with van der Waals surface area (Å²) in [5.41, 5.74) is 4.74. The molecule has 1 saturated carbocycles. The lowest BCUT2D eigenvalue weighted by molar-refractivity contribution is -0.111. The fourth-order valence-corrected chi connectivity index (χ4v) is 6.33. The molecular formula is C30H24N4O. The number of fused-ring (bicyclic) bond motifs is 2. The number of hydrogen-bond acceptors (Lipinski definition) is 5. The Hall–Kier alpha value is -4.35. The Morgan fingerprint density at radius 1 is 0.943 bits per heavy atom. The SMILES string of the molecule is N#CC(C#N)=C1C=C2N[C@]34CCCC[C@@H]3[C@H](c3ccccc3)C=C(c3ccccc3)N4C2=CC1=O. The summed E-state index contributed by atoms with van der Waals surface area (Å²) in [6.45, 7) is 0. The molecule has 170 valence electrons.